The van der Waals surface area contributed by atoms with Crippen LogP contribution in [0.2, 0.25) is 0 Å². The Balaban J connectivity index is 2.96. The topological polar surface area (TPSA) is 52.3 Å². The summed E-state index contributed by atoms with van der Waals surface area (Å²) in [5.41, 5.74) is 6.09. The Bertz CT molecular complexity index is 383. The summed E-state index contributed by atoms with van der Waals surface area (Å²) in [7, 11) is 0. The highest BCUT2D eigenvalue weighted by Gasteiger charge is 2.19. The van der Waals surface area contributed by atoms with Gasteiger partial charge in [-0.3, -0.25) is 0 Å². The lowest BCUT2D eigenvalue weighted by Gasteiger charge is -2.20. The first-order chi connectivity index (χ1) is 6.79. The summed E-state index contributed by atoms with van der Waals surface area (Å²) in [5.74, 6) is -0.373. The number of hydrogen-bond donors (Lipinski definition) is 1. The van der Waals surface area contributed by atoms with Crippen LogP contribution < -0.4 is 5.73 Å². The SMILES string of the molecule is CC(C)(C)OC(=O)c1cc(N)ccc1Br. The molecule has 82 valence electrons. The van der Waals surface area contributed by atoms with Gasteiger partial charge in [0, 0.05) is 10.2 Å². The first-order valence-corrected chi connectivity index (χ1v) is 5.37. The average molecular weight is 272 g/mol. The number of rotatable bonds is 1. The van der Waals surface area contributed by atoms with Crippen LogP contribution >= 0.6 is 15.9 Å². The van der Waals surface area contributed by atoms with Gasteiger partial charge < -0.3 is 10.5 Å². The van der Waals surface area contributed by atoms with E-state index in [4.69, 9.17) is 10.5 Å². The molecule has 1 rings (SSSR count). The van der Waals surface area contributed by atoms with E-state index in [2.05, 4.69) is 15.9 Å². The molecular weight excluding hydrogens is 258 g/mol. The Hall–Kier alpha value is -1.03. The van der Waals surface area contributed by atoms with E-state index in [0.29, 0.717) is 15.7 Å². The van der Waals surface area contributed by atoms with Gasteiger partial charge in [-0.25, -0.2) is 4.79 Å². The first-order valence-electron chi connectivity index (χ1n) is 4.58. The predicted octanol–water partition coefficient (Wildman–Crippen LogP) is 2.99. The predicted molar refractivity (Wildman–Crippen MR) is 63.7 cm³/mol. The molecule has 0 aromatic heterocycles. The maximum atomic E-state index is 11.7. The summed E-state index contributed by atoms with van der Waals surface area (Å²) >= 11 is 3.28. The molecule has 0 atom stereocenters. The lowest BCUT2D eigenvalue weighted by atomic mass is 10.1. The Labute approximate surface area is 97.7 Å². The van der Waals surface area contributed by atoms with Gasteiger partial charge in [0.1, 0.15) is 5.60 Å². The van der Waals surface area contributed by atoms with Crippen LogP contribution in [0.3, 0.4) is 0 Å². The number of nitrogen functional groups attached to an aromatic ring is 1. The van der Waals surface area contributed by atoms with E-state index in [9.17, 15) is 4.79 Å². The van der Waals surface area contributed by atoms with Gasteiger partial charge >= 0.3 is 5.97 Å². The lowest BCUT2D eigenvalue weighted by Crippen LogP contribution is -2.24. The number of esters is 1. The number of nitrogens with two attached hydrogens (primary N) is 1. The van der Waals surface area contributed by atoms with Gasteiger partial charge in [-0.05, 0) is 54.9 Å². The lowest BCUT2D eigenvalue weighted by molar-refractivity contribution is 0.00685. The number of anilines is 1. The standard InChI is InChI=1S/C11H14BrNO2/c1-11(2,3)15-10(14)8-6-7(13)4-5-9(8)12/h4-6H,13H2,1-3H3. The quantitative estimate of drug-likeness (QED) is 0.631. The molecule has 3 nitrogen and oxygen atoms in total. The zero-order valence-corrected chi connectivity index (χ0v) is 10.6. The number of halogens is 1. The molecule has 0 aliphatic rings. The van der Waals surface area contributed by atoms with Crippen molar-refractivity contribution >= 4 is 27.6 Å². The molecule has 0 amide bonds. The first kappa shape index (κ1) is 12.0. The molecule has 1 aromatic rings. The van der Waals surface area contributed by atoms with Crippen LogP contribution in [0.4, 0.5) is 5.69 Å². The van der Waals surface area contributed by atoms with E-state index in [-0.39, 0.29) is 5.97 Å². The minimum Gasteiger partial charge on any atom is -0.456 e. The highest BCUT2D eigenvalue weighted by Crippen LogP contribution is 2.22. The zero-order valence-electron chi connectivity index (χ0n) is 9.00. The van der Waals surface area contributed by atoms with Crippen molar-refractivity contribution < 1.29 is 9.53 Å². The third kappa shape index (κ3) is 3.55. The van der Waals surface area contributed by atoms with Gasteiger partial charge in [0.25, 0.3) is 0 Å². The fourth-order valence-corrected chi connectivity index (χ4v) is 1.44. The molecule has 0 aliphatic carbocycles. The molecule has 0 spiro atoms. The van der Waals surface area contributed by atoms with E-state index in [0.717, 1.165) is 0 Å². The summed E-state index contributed by atoms with van der Waals surface area (Å²) in [6, 6.07) is 5.05. The molecule has 1 aromatic carbocycles. The summed E-state index contributed by atoms with van der Waals surface area (Å²) < 4.78 is 5.92. The molecule has 0 heterocycles. The van der Waals surface area contributed by atoms with Crippen molar-refractivity contribution in [1.29, 1.82) is 0 Å². The van der Waals surface area contributed by atoms with Crippen molar-refractivity contribution in [3.05, 3.63) is 28.2 Å². The normalized spacial score (nSPS) is 11.2. The van der Waals surface area contributed by atoms with Gasteiger partial charge in [-0.15, -0.1) is 0 Å². The highest BCUT2D eigenvalue weighted by atomic mass is 79.9. The van der Waals surface area contributed by atoms with Gasteiger partial charge in [0.05, 0.1) is 5.56 Å². The van der Waals surface area contributed by atoms with Gasteiger partial charge in [0.2, 0.25) is 0 Å². The third-order valence-electron chi connectivity index (χ3n) is 1.61. The molecule has 0 aliphatic heterocycles. The minimum atomic E-state index is -0.499. The van der Waals surface area contributed by atoms with Crippen molar-refractivity contribution in [3.63, 3.8) is 0 Å². The Morgan fingerprint density at radius 3 is 2.53 bits per heavy atom. The van der Waals surface area contributed by atoms with Crippen molar-refractivity contribution in [3.8, 4) is 0 Å². The van der Waals surface area contributed by atoms with Crippen LogP contribution in [-0.2, 0) is 4.74 Å². The molecule has 4 heteroatoms. The average Bonchev–Trinajstić information content (AvgIpc) is 2.06. The summed E-state index contributed by atoms with van der Waals surface area (Å²) in [6.07, 6.45) is 0. The fraction of sp³-hybridized carbons (Fsp3) is 0.364. The molecule has 15 heavy (non-hydrogen) atoms. The molecular formula is C11H14BrNO2. The second-order valence-corrected chi connectivity index (χ2v) is 5.10. The van der Waals surface area contributed by atoms with Gasteiger partial charge in [-0.1, -0.05) is 0 Å². The van der Waals surface area contributed by atoms with E-state index >= 15 is 0 Å². The van der Waals surface area contributed by atoms with E-state index in [1.807, 2.05) is 20.8 Å². The smallest absolute Gasteiger partial charge is 0.339 e. The molecule has 2 N–H and O–H groups in total. The fourth-order valence-electron chi connectivity index (χ4n) is 1.03. The number of carbonyl (C=O) groups is 1. The van der Waals surface area contributed by atoms with Crippen LogP contribution in [0.25, 0.3) is 0 Å². The minimum absolute atomic E-state index is 0.373. The van der Waals surface area contributed by atoms with Gasteiger partial charge in [0.15, 0.2) is 0 Å². The Morgan fingerprint density at radius 2 is 2.00 bits per heavy atom. The number of benzene rings is 1. The molecule has 0 unspecified atom stereocenters. The van der Waals surface area contributed by atoms with Crippen LogP contribution in [-0.4, -0.2) is 11.6 Å². The Morgan fingerprint density at radius 1 is 1.40 bits per heavy atom. The summed E-state index contributed by atoms with van der Waals surface area (Å²) in [6.45, 7) is 5.47. The summed E-state index contributed by atoms with van der Waals surface area (Å²) in [4.78, 5) is 11.7. The van der Waals surface area contributed by atoms with Crippen molar-refractivity contribution in [2.75, 3.05) is 5.73 Å². The van der Waals surface area contributed by atoms with Crippen LogP contribution in [0.1, 0.15) is 31.1 Å². The molecule has 0 saturated carbocycles. The van der Waals surface area contributed by atoms with Crippen LogP contribution in [0, 0.1) is 0 Å². The second kappa shape index (κ2) is 4.23. The zero-order chi connectivity index (χ0) is 11.6. The third-order valence-corrected chi connectivity index (χ3v) is 2.30. The maximum Gasteiger partial charge on any atom is 0.339 e. The van der Waals surface area contributed by atoms with Crippen molar-refractivity contribution in [2.45, 2.75) is 26.4 Å². The van der Waals surface area contributed by atoms with Crippen molar-refractivity contribution in [2.24, 2.45) is 0 Å². The monoisotopic (exact) mass is 271 g/mol. The van der Waals surface area contributed by atoms with E-state index in [1.165, 1.54) is 0 Å². The largest absolute Gasteiger partial charge is 0.456 e. The van der Waals surface area contributed by atoms with E-state index < -0.39 is 5.60 Å². The van der Waals surface area contributed by atoms with Crippen LogP contribution in [0.15, 0.2) is 22.7 Å². The number of ether oxygens (including phenoxy) is 1. The van der Waals surface area contributed by atoms with Crippen LogP contribution in [0.5, 0.6) is 0 Å². The maximum absolute atomic E-state index is 11.7. The van der Waals surface area contributed by atoms with Crippen molar-refractivity contribution in [1.82, 2.24) is 0 Å². The number of hydrogen-bond acceptors (Lipinski definition) is 3. The highest BCUT2D eigenvalue weighted by molar-refractivity contribution is 9.10. The number of carbonyl (C=O) groups excluding carboxylic acids is 1. The molecule has 0 bridgehead atoms. The molecule has 0 fully saturated rings. The molecule has 0 radical (unpaired) electrons. The molecule has 0 saturated heterocycles. The summed E-state index contributed by atoms with van der Waals surface area (Å²) in [5, 5.41) is 0. The second-order valence-electron chi connectivity index (χ2n) is 4.24. The van der Waals surface area contributed by atoms with E-state index in [1.54, 1.807) is 18.2 Å². The van der Waals surface area contributed by atoms with Gasteiger partial charge in [-0.2, -0.15) is 0 Å². The Kier molecular flexibility index (Phi) is 3.39.